The van der Waals surface area contributed by atoms with E-state index in [1.54, 1.807) is 0 Å². The van der Waals surface area contributed by atoms with E-state index in [0.717, 1.165) is 13.1 Å². The number of rotatable bonds is 1. The van der Waals surface area contributed by atoms with Crippen LogP contribution in [-0.2, 0) is 0 Å². The molecule has 1 N–H and O–H groups in total. The number of anilines is 1. The zero-order valence-electron chi connectivity index (χ0n) is 10.1. The third-order valence-corrected chi connectivity index (χ3v) is 3.85. The lowest BCUT2D eigenvalue weighted by Crippen LogP contribution is -2.61. The molecule has 0 spiro atoms. The van der Waals surface area contributed by atoms with Crippen molar-refractivity contribution in [2.45, 2.75) is 32.4 Å². The molecule has 2 rings (SSSR count). The molecule has 1 aromatic rings. The van der Waals surface area contributed by atoms with E-state index in [1.165, 1.54) is 9.26 Å². The van der Waals surface area contributed by atoms with Gasteiger partial charge in [-0.15, -0.1) is 0 Å². The van der Waals surface area contributed by atoms with Gasteiger partial charge in [-0.05, 0) is 67.6 Å². The van der Waals surface area contributed by atoms with Gasteiger partial charge < -0.3 is 10.2 Å². The Morgan fingerprint density at radius 2 is 1.94 bits per heavy atom. The summed E-state index contributed by atoms with van der Waals surface area (Å²) in [7, 11) is 0. The van der Waals surface area contributed by atoms with Crippen LogP contribution < -0.4 is 10.2 Å². The largest absolute Gasteiger partial charge is 0.366 e. The van der Waals surface area contributed by atoms with Crippen molar-refractivity contribution in [3.05, 3.63) is 27.8 Å². The first-order valence-electron chi connectivity index (χ1n) is 5.75. The van der Waals surface area contributed by atoms with Crippen molar-refractivity contribution in [3.8, 4) is 0 Å². The minimum Gasteiger partial charge on any atom is -0.366 e. The van der Waals surface area contributed by atoms with Crippen LogP contribution in [-0.4, -0.2) is 24.7 Å². The van der Waals surface area contributed by atoms with Crippen molar-refractivity contribution < 1.29 is 0 Å². The van der Waals surface area contributed by atoms with Gasteiger partial charge in [0.15, 0.2) is 0 Å². The Bertz CT molecular complexity index is 359. The van der Waals surface area contributed by atoms with Crippen LogP contribution in [0.2, 0.25) is 0 Å². The molecule has 88 valence electrons. The Morgan fingerprint density at radius 3 is 2.56 bits per heavy atom. The molecule has 0 aliphatic carbocycles. The maximum Gasteiger partial charge on any atom is 0.0387 e. The molecule has 1 aliphatic rings. The second-order valence-corrected chi connectivity index (χ2v) is 6.46. The maximum absolute atomic E-state index is 3.58. The van der Waals surface area contributed by atoms with E-state index in [9.17, 15) is 0 Å². The number of hydrogen-bond donors (Lipinski definition) is 1. The van der Waals surface area contributed by atoms with Crippen molar-refractivity contribution in [1.82, 2.24) is 5.32 Å². The molecule has 2 nitrogen and oxygen atoms in total. The Hall–Kier alpha value is -0.290. The molecule has 16 heavy (non-hydrogen) atoms. The Morgan fingerprint density at radius 1 is 1.31 bits per heavy atom. The highest BCUT2D eigenvalue weighted by molar-refractivity contribution is 14.1. The van der Waals surface area contributed by atoms with Crippen LogP contribution in [0.5, 0.6) is 0 Å². The van der Waals surface area contributed by atoms with Gasteiger partial charge in [-0.25, -0.2) is 0 Å². The second kappa shape index (κ2) is 4.53. The topological polar surface area (TPSA) is 15.3 Å². The number of nitrogens with one attached hydrogen (secondary N) is 1. The zero-order chi connectivity index (χ0) is 11.8. The zero-order valence-corrected chi connectivity index (χ0v) is 12.3. The molecule has 0 aromatic heterocycles. The van der Waals surface area contributed by atoms with Crippen LogP contribution in [0.15, 0.2) is 24.3 Å². The molecule has 3 heteroatoms. The van der Waals surface area contributed by atoms with Gasteiger partial charge in [0, 0.05) is 33.9 Å². The Labute approximate surface area is 112 Å². The van der Waals surface area contributed by atoms with E-state index < -0.39 is 0 Å². The molecular weight excluding hydrogens is 311 g/mol. The van der Waals surface area contributed by atoms with Crippen LogP contribution in [0.4, 0.5) is 5.69 Å². The van der Waals surface area contributed by atoms with E-state index in [0.29, 0.717) is 6.04 Å². The summed E-state index contributed by atoms with van der Waals surface area (Å²) < 4.78 is 1.29. The predicted molar refractivity (Wildman–Crippen MR) is 78.0 cm³/mol. The first-order chi connectivity index (χ1) is 7.48. The van der Waals surface area contributed by atoms with Gasteiger partial charge in [-0.2, -0.15) is 0 Å². The fourth-order valence-corrected chi connectivity index (χ4v) is 2.51. The number of nitrogens with zero attached hydrogens (tertiary/aromatic N) is 1. The van der Waals surface area contributed by atoms with Crippen LogP contribution in [0.1, 0.15) is 20.8 Å². The monoisotopic (exact) mass is 330 g/mol. The molecule has 0 amide bonds. The van der Waals surface area contributed by atoms with Crippen molar-refractivity contribution in [1.29, 1.82) is 0 Å². The molecule has 1 aliphatic heterocycles. The molecule has 0 saturated carbocycles. The van der Waals surface area contributed by atoms with Gasteiger partial charge in [-0.1, -0.05) is 0 Å². The van der Waals surface area contributed by atoms with E-state index in [2.05, 4.69) is 77.8 Å². The van der Waals surface area contributed by atoms with Gasteiger partial charge in [0.05, 0.1) is 0 Å². The van der Waals surface area contributed by atoms with Crippen molar-refractivity contribution in [2.75, 3.05) is 18.0 Å². The Balaban J connectivity index is 2.21. The summed E-state index contributed by atoms with van der Waals surface area (Å²) >= 11 is 2.35. The highest BCUT2D eigenvalue weighted by Crippen LogP contribution is 2.23. The smallest absolute Gasteiger partial charge is 0.0387 e. The van der Waals surface area contributed by atoms with E-state index in [1.807, 2.05) is 0 Å². The molecule has 1 unspecified atom stereocenters. The van der Waals surface area contributed by atoms with Crippen molar-refractivity contribution >= 4 is 28.3 Å². The first-order valence-corrected chi connectivity index (χ1v) is 6.83. The minimum absolute atomic E-state index is 0.204. The SMILES string of the molecule is CC1CNC(C)(C)CN1c1ccc(I)cc1. The summed E-state index contributed by atoms with van der Waals surface area (Å²) in [5.74, 6) is 0. The van der Waals surface area contributed by atoms with Gasteiger partial charge in [0.25, 0.3) is 0 Å². The quantitative estimate of drug-likeness (QED) is 0.797. The molecule has 1 heterocycles. The highest BCUT2D eigenvalue weighted by atomic mass is 127. The summed E-state index contributed by atoms with van der Waals surface area (Å²) in [4.78, 5) is 2.49. The van der Waals surface area contributed by atoms with Gasteiger partial charge >= 0.3 is 0 Å². The standard InChI is InChI=1S/C13H19IN2/c1-10-8-15-13(2,3)9-16(10)12-6-4-11(14)5-7-12/h4-7,10,15H,8-9H2,1-3H3. The molecular formula is C13H19IN2. The first kappa shape index (κ1) is 12.2. The lowest BCUT2D eigenvalue weighted by Gasteiger charge is -2.44. The van der Waals surface area contributed by atoms with Crippen molar-refractivity contribution in [3.63, 3.8) is 0 Å². The number of benzene rings is 1. The molecule has 0 radical (unpaired) electrons. The summed E-state index contributed by atoms with van der Waals surface area (Å²) in [6, 6.07) is 9.36. The minimum atomic E-state index is 0.204. The number of piperazine rings is 1. The van der Waals surface area contributed by atoms with Crippen molar-refractivity contribution in [2.24, 2.45) is 0 Å². The van der Waals surface area contributed by atoms with E-state index >= 15 is 0 Å². The second-order valence-electron chi connectivity index (χ2n) is 5.22. The van der Waals surface area contributed by atoms with Crippen LogP contribution in [0, 0.1) is 3.57 Å². The van der Waals surface area contributed by atoms with Gasteiger partial charge in [0.1, 0.15) is 0 Å². The normalized spacial score (nSPS) is 24.5. The van der Waals surface area contributed by atoms with Crippen LogP contribution in [0.25, 0.3) is 0 Å². The Kier molecular flexibility index (Phi) is 3.45. The maximum atomic E-state index is 3.58. The third kappa shape index (κ3) is 2.69. The average molecular weight is 330 g/mol. The number of halogens is 1. The summed E-state index contributed by atoms with van der Waals surface area (Å²) in [5, 5.41) is 3.58. The lowest BCUT2D eigenvalue weighted by atomic mass is 9.98. The molecule has 1 atom stereocenters. The third-order valence-electron chi connectivity index (χ3n) is 3.13. The summed E-state index contributed by atoms with van der Waals surface area (Å²) in [5.41, 5.74) is 1.54. The fourth-order valence-electron chi connectivity index (χ4n) is 2.15. The molecule has 1 fully saturated rings. The number of hydrogen-bond acceptors (Lipinski definition) is 2. The fraction of sp³-hybridized carbons (Fsp3) is 0.538. The van der Waals surface area contributed by atoms with Gasteiger partial charge in [-0.3, -0.25) is 0 Å². The molecule has 1 aromatic carbocycles. The van der Waals surface area contributed by atoms with Crippen LogP contribution >= 0.6 is 22.6 Å². The summed E-state index contributed by atoms with van der Waals surface area (Å²) in [6.07, 6.45) is 0. The van der Waals surface area contributed by atoms with E-state index in [-0.39, 0.29) is 5.54 Å². The molecule has 0 bridgehead atoms. The summed E-state index contributed by atoms with van der Waals surface area (Å²) in [6.45, 7) is 8.92. The molecule has 1 saturated heterocycles. The highest BCUT2D eigenvalue weighted by Gasteiger charge is 2.30. The lowest BCUT2D eigenvalue weighted by molar-refractivity contribution is 0.318. The van der Waals surface area contributed by atoms with Crippen LogP contribution in [0.3, 0.4) is 0 Å². The van der Waals surface area contributed by atoms with E-state index in [4.69, 9.17) is 0 Å². The van der Waals surface area contributed by atoms with Gasteiger partial charge in [0.2, 0.25) is 0 Å². The predicted octanol–water partition coefficient (Wildman–Crippen LogP) is 2.87. The average Bonchev–Trinajstić information content (AvgIpc) is 2.23.